The van der Waals surface area contributed by atoms with Gasteiger partial charge in [0.2, 0.25) is 5.82 Å². The van der Waals surface area contributed by atoms with Gasteiger partial charge in [-0.15, -0.1) is 10.2 Å². The molecule has 3 rings (SSSR count). The molecule has 0 unspecified atom stereocenters. The average molecular weight is 309 g/mol. The van der Waals surface area contributed by atoms with Crippen LogP contribution in [0.5, 0.6) is 5.75 Å². The Hall–Kier alpha value is -3.22. The number of hydrogen-bond donors (Lipinski definition) is 2. The first kappa shape index (κ1) is 14.7. The number of carbonyl (C=O) groups is 1. The van der Waals surface area contributed by atoms with Crippen molar-refractivity contribution < 1.29 is 9.53 Å². The lowest BCUT2D eigenvalue weighted by atomic mass is 10.1. The number of aromatic nitrogens is 4. The van der Waals surface area contributed by atoms with Crippen molar-refractivity contribution in [2.75, 3.05) is 11.9 Å². The Balaban J connectivity index is 1.78. The van der Waals surface area contributed by atoms with Gasteiger partial charge in [-0.2, -0.15) is 5.21 Å². The number of nitrogens with one attached hydrogen (secondary N) is 2. The summed E-state index contributed by atoms with van der Waals surface area (Å²) in [6.45, 7) is 2.45. The summed E-state index contributed by atoms with van der Waals surface area (Å²) in [5.41, 5.74) is 1.94. The summed E-state index contributed by atoms with van der Waals surface area (Å²) in [5.74, 6) is 0.928. The molecular weight excluding hydrogens is 294 g/mol. The fourth-order valence-corrected chi connectivity index (χ4v) is 2.12. The second-order valence-corrected chi connectivity index (χ2v) is 4.73. The maximum absolute atomic E-state index is 12.4. The van der Waals surface area contributed by atoms with E-state index in [-0.39, 0.29) is 5.91 Å². The Morgan fingerprint density at radius 3 is 2.87 bits per heavy atom. The molecule has 1 amide bonds. The van der Waals surface area contributed by atoms with E-state index in [4.69, 9.17) is 4.74 Å². The van der Waals surface area contributed by atoms with Gasteiger partial charge in [0, 0.05) is 16.8 Å². The van der Waals surface area contributed by atoms with Gasteiger partial charge in [-0.1, -0.05) is 18.2 Å². The zero-order valence-electron chi connectivity index (χ0n) is 12.5. The first-order valence-electron chi connectivity index (χ1n) is 7.14. The van der Waals surface area contributed by atoms with Gasteiger partial charge in [0.15, 0.2) is 0 Å². The van der Waals surface area contributed by atoms with Gasteiger partial charge >= 0.3 is 0 Å². The summed E-state index contributed by atoms with van der Waals surface area (Å²) in [7, 11) is 0. The Bertz CT molecular complexity index is 802. The van der Waals surface area contributed by atoms with Gasteiger partial charge in [-0.3, -0.25) is 4.79 Å². The fourth-order valence-electron chi connectivity index (χ4n) is 2.12. The van der Waals surface area contributed by atoms with Crippen molar-refractivity contribution in [3.05, 3.63) is 54.1 Å². The number of ether oxygens (including phenoxy) is 1. The molecule has 2 aromatic carbocycles. The van der Waals surface area contributed by atoms with Crippen LogP contribution in [0.15, 0.2) is 48.5 Å². The summed E-state index contributed by atoms with van der Waals surface area (Å²) in [5, 5.41) is 16.6. The first-order chi connectivity index (χ1) is 11.3. The van der Waals surface area contributed by atoms with Crippen LogP contribution in [0.1, 0.15) is 17.3 Å². The molecule has 0 saturated carbocycles. The highest BCUT2D eigenvalue weighted by atomic mass is 16.5. The largest absolute Gasteiger partial charge is 0.494 e. The van der Waals surface area contributed by atoms with E-state index in [0.717, 1.165) is 5.56 Å². The summed E-state index contributed by atoms with van der Waals surface area (Å²) in [6.07, 6.45) is 0. The molecule has 0 aliphatic rings. The molecule has 0 saturated heterocycles. The molecule has 0 radical (unpaired) electrons. The predicted octanol–water partition coefficient (Wildman–Crippen LogP) is 2.52. The highest BCUT2D eigenvalue weighted by Crippen LogP contribution is 2.20. The van der Waals surface area contributed by atoms with E-state index >= 15 is 0 Å². The van der Waals surface area contributed by atoms with Crippen molar-refractivity contribution in [3.8, 4) is 17.1 Å². The maximum Gasteiger partial charge on any atom is 0.255 e. The minimum Gasteiger partial charge on any atom is -0.494 e. The number of nitrogens with zero attached hydrogens (tertiary/aromatic N) is 3. The minimum absolute atomic E-state index is 0.211. The molecule has 0 atom stereocenters. The Morgan fingerprint density at radius 2 is 2.09 bits per heavy atom. The third-order valence-corrected chi connectivity index (χ3v) is 3.13. The van der Waals surface area contributed by atoms with E-state index < -0.39 is 0 Å². The molecule has 2 N–H and O–H groups in total. The quantitative estimate of drug-likeness (QED) is 0.755. The van der Waals surface area contributed by atoms with Crippen molar-refractivity contribution in [3.63, 3.8) is 0 Å². The van der Waals surface area contributed by atoms with Gasteiger partial charge in [-0.25, -0.2) is 0 Å². The second kappa shape index (κ2) is 6.69. The lowest BCUT2D eigenvalue weighted by molar-refractivity contribution is 0.102. The number of rotatable bonds is 5. The molecule has 0 aliphatic heterocycles. The number of tetrazole rings is 1. The molecule has 1 aromatic heterocycles. The van der Waals surface area contributed by atoms with E-state index in [0.29, 0.717) is 29.4 Å². The lowest BCUT2D eigenvalue weighted by Crippen LogP contribution is -2.12. The van der Waals surface area contributed by atoms with E-state index in [9.17, 15) is 4.79 Å². The van der Waals surface area contributed by atoms with Crippen molar-refractivity contribution in [2.24, 2.45) is 0 Å². The van der Waals surface area contributed by atoms with Crippen LogP contribution < -0.4 is 10.1 Å². The smallest absolute Gasteiger partial charge is 0.255 e. The molecule has 3 aromatic rings. The molecule has 23 heavy (non-hydrogen) atoms. The average Bonchev–Trinajstić information content (AvgIpc) is 3.10. The Morgan fingerprint density at radius 1 is 1.22 bits per heavy atom. The van der Waals surface area contributed by atoms with Crippen LogP contribution >= 0.6 is 0 Å². The van der Waals surface area contributed by atoms with Crippen LogP contribution in [0, 0.1) is 0 Å². The summed E-state index contributed by atoms with van der Waals surface area (Å²) in [4.78, 5) is 12.4. The molecular formula is C16H15N5O2. The molecule has 0 aliphatic carbocycles. The number of benzene rings is 2. The van der Waals surface area contributed by atoms with Gasteiger partial charge in [0.05, 0.1) is 6.61 Å². The Labute approximate surface area is 132 Å². The molecule has 7 nitrogen and oxygen atoms in total. The first-order valence-corrected chi connectivity index (χ1v) is 7.14. The van der Waals surface area contributed by atoms with Crippen molar-refractivity contribution in [2.45, 2.75) is 6.92 Å². The molecule has 7 heteroatoms. The molecule has 0 spiro atoms. The van der Waals surface area contributed by atoms with Gasteiger partial charge in [-0.05, 0) is 42.5 Å². The second-order valence-electron chi connectivity index (χ2n) is 4.73. The van der Waals surface area contributed by atoms with E-state index in [2.05, 4.69) is 25.9 Å². The van der Waals surface area contributed by atoms with Crippen LogP contribution in [0.4, 0.5) is 5.69 Å². The van der Waals surface area contributed by atoms with Crippen LogP contribution in [0.3, 0.4) is 0 Å². The highest BCUT2D eigenvalue weighted by Gasteiger charge is 2.09. The summed E-state index contributed by atoms with van der Waals surface area (Å²) < 4.78 is 5.41. The number of amides is 1. The zero-order valence-corrected chi connectivity index (χ0v) is 12.5. The maximum atomic E-state index is 12.4. The lowest BCUT2D eigenvalue weighted by Gasteiger charge is -2.08. The number of carbonyl (C=O) groups excluding carboxylic acids is 1. The standard InChI is InChI=1S/C16H15N5O2/c1-2-23-14-8-4-6-12(10-14)16(22)17-13-7-3-5-11(9-13)15-18-20-21-19-15/h3-10H,2H2,1H3,(H,17,22)(H,18,19,20,21). The normalized spacial score (nSPS) is 10.3. The van der Waals surface area contributed by atoms with Gasteiger partial charge in [0.25, 0.3) is 5.91 Å². The molecule has 0 bridgehead atoms. The highest BCUT2D eigenvalue weighted by molar-refractivity contribution is 6.04. The van der Waals surface area contributed by atoms with Crippen LogP contribution in [0.25, 0.3) is 11.4 Å². The summed E-state index contributed by atoms with van der Waals surface area (Å²) in [6, 6.07) is 14.3. The summed E-state index contributed by atoms with van der Waals surface area (Å²) >= 11 is 0. The third kappa shape index (κ3) is 3.52. The number of hydrogen-bond acceptors (Lipinski definition) is 5. The molecule has 1 heterocycles. The predicted molar refractivity (Wildman–Crippen MR) is 85.2 cm³/mol. The number of H-pyrrole nitrogens is 1. The molecule has 0 fully saturated rings. The van der Waals surface area contributed by atoms with E-state index in [1.54, 1.807) is 30.3 Å². The topological polar surface area (TPSA) is 92.8 Å². The van der Waals surface area contributed by atoms with Gasteiger partial charge in [0.1, 0.15) is 5.75 Å². The fraction of sp³-hybridized carbons (Fsp3) is 0.125. The number of aromatic amines is 1. The van der Waals surface area contributed by atoms with E-state index in [1.165, 1.54) is 0 Å². The van der Waals surface area contributed by atoms with Gasteiger partial charge < -0.3 is 10.1 Å². The zero-order chi connectivity index (χ0) is 16.1. The third-order valence-electron chi connectivity index (χ3n) is 3.13. The van der Waals surface area contributed by atoms with Crippen molar-refractivity contribution in [1.29, 1.82) is 0 Å². The van der Waals surface area contributed by atoms with E-state index in [1.807, 2.05) is 25.1 Å². The van der Waals surface area contributed by atoms with Crippen molar-refractivity contribution in [1.82, 2.24) is 20.6 Å². The monoisotopic (exact) mass is 309 g/mol. The molecule has 116 valence electrons. The van der Waals surface area contributed by atoms with Crippen LogP contribution in [-0.4, -0.2) is 33.1 Å². The van der Waals surface area contributed by atoms with Crippen LogP contribution in [0.2, 0.25) is 0 Å². The SMILES string of the molecule is CCOc1cccc(C(=O)Nc2cccc(-c3nn[nH]n3)c2)c1. The minimum atomic E-state index is -0.211. The van der Waals surface area contributed by atoms with Crippen LogP contribution in [-0.2, 0) is 0 Å². The number of anilines is 1. The Kier molecular flexibility index (Phi) is 4.28. The van der Waals surface area contributed by atoms with Crippen molar-refractivity contribution >= 4 is 11.6 Å².